The van der Waals surface area contributed by atoms with Crippen LogP contribution in [0.15, 0.2) is 4.99 Å². The van der Waals surface area contributed by atoms with Crippen LogP contribution in [0.2, 0.25) is 0 Å². The van der Waals surface area contributed by atoms with Gasteiger partial charge in [0.1, 0.15) is 0 Å². The van der Waals surface area contributed by atoms with Crippen LogP contribution < -0.4 is 5.32 Å². The normalized spacial score (nSPS) is 37.0. The maximum atomic E-state index is 11.6. The lowest BCUT2D eigenvalue weighted by molar-refractivity contribution is 0.299. The Kier molecular flexibility index (Phi) is 4.28. The Bertz CT molecular complexity index is 556. The van der Waals surface area contributed by atoms with Crippen LogP contribution in [0.1, 0.15) is 44.9 Å². The van der Waals surface area contributed by atoms with E-state index in [1.165, 1.54) is 38.5 Å². The Morgan fingerprint density at radius 2 is 1.74 bits per heavy atom. The van der Waals surface area contributed by atoms with Gasteiger partial charge in [-0.2, -0.15) is 0 Å². The van der Waals surface area contributed by atoms with Gasteiger partial charge < -0.3 is 10.2 Å². The lowest BCUT2D eigenvalue weighted by Crippen LogP contribution is -2.41. The van der Waals surface area contributed by atoms with Crippen LogP contribution in [0, 0.1) is 17.8 Å². The van der Waals surface area contributed by atoms with E-state index >= 15 is 0 Å². The highest BCUT2D eigenvalue weighted by Gasteiger charge is 2.37. The van der Waals surface area contributed by atoms with E-state index in [0.29, 0.717) is 24.1 Å². The summed E-state index contributed by atoms with van der Waals surface area (Å²) in [7, 11) is -2.79. The topological polar surface area (TPSA) is 61.8 Å². The third-order valence-corrected chi connectivity index (χ3v) is 7.85. The molecule has 130 valence electrons. The van der Waals surface area contributed by atoms with Crippen molar-refractivity contribution in [3.8, 4) is 0 Å². The third kappa shape index (κ3) is 3.83. The molecular formula is C17H29N3O2S. The summed E-state index contributed by atoms with van der Waals surface area (Å²) in [5, 5.41) is 3.61. The molecule has 2 saturated carbocycles. The second-order valence-electron chi connectivity index (χ2n) is 8.06. The maximum absolute atomic E-state index is 11.6. The molecule has 2 aliphatic heterocycles. The van der Waals surface area contributed by atoms with E-state index < -0.39 is 9.84 Å². The van der Waals surface area contributed by atoms with Crippen molar-refractivity contribution in [2.24, 2.45) is 22.7 Å². The Balaban J connectivity index is 1.41. The first-order valence-electron chi connectivity index (χ1n) is 9.35. The van der Waals surface area contributed by atoms with Crippen molar-refractivity contribution in [3.05, 3.63) is 0 Å². The van der Waals surface area contributed by atoms with E-state index in [9.17, 15) is 8.42 Å². The van der Waals surface area contributed by atoms with Crippen LogP contribution in [0.3, 0.4) is 0 Å². The van der Waals surface area contributed by atoms with Gasteiger partial charge in [0.15, 0.2) is 15.8 Å². The lowest BCUT2D eigenvalue weighted by Gasteiger charge is -2.22. The summed E-state index contributed by atoms with van der Waals surface area (Å²) in [6, 6.07) is 0.601. The number of fused-ring (bicyclic) bond motifs is 1. The molecule has 4 fully saturated rings. The van der Waals surface area contributed by atoms with Crippen molar-refractivity contribution >= 4 is 15.8 Å². The van der Waals surface area contributed by atoms with Crippen molar-refractivity contribution < 1.29 is 8.42 Å². The van der Waals surface area contributed by atoms with Crippen LogP contribution in [0.5, 0.6) is 0 Å². The molecule has 2 saturated heterocycles. The van der Waals surface area contributed by atoms with Crippen LogP contribution in [-0.4, -0.2) is 56.5 Å². The highest BCUT2D eigenvalue weighted by atomic mass is 32.2. The molecule has 0 amide bonds. The van der Waals surface area contributed by atoms with Gasteiger partial charge in [0.2, 0.25) is 0 Å². The Labute approximate surface area is 139 Å². The number of nitrogens with zero attached hydrogens (tertiary/aromatic N) is 2. The molecule has 0 aromatic heterocycles. The molecular weight excluding hydrogens is 310 g/mol. The summed E-state index contributed by atoms with van der Waals surface area (Å²) >= 11 is 0. The average Bonchev–Trinajstić information content (AvgIpc) is 3.12. The summed E-state index contributed by atoms with van der Waals surface area (Å²) in [6.07, 6.45) is 8.80. The molecule has 2 heterocycles. The molecule has 5 nitrogen and oxygen atoms in total. The predicted molar refractivity (Wildman–Crippen MR) is 92.2 cm³/mol. The van der Waals surface area contributed by atoms with Gasteiger partial charge in [-0.3, -0.25) is 4.99 Å². The summed E-state index contributed by atoms with van der Waals surface area (Å²) in [4.78, 5) is 7.32. The van der Waals surface area contributed by atoms with Crippen molar-refractivity contribution in [1.29, 1.82) is 0 Å². The van der Waals surface area contributed by atoms with Crippen LogP contribution in [0.4, 0.5) is 0 Å². The molecule has 3 unspecified atom stereocenters. The van der Waals surface area contributed by atoms with Gasteiger partial charge in [-0.25, -0.2) is 8.42 Å². The fourth-order valence-corrected chi connectivity index (χ4v) is 6.31. The van der Waals surface area contributed by atoms with Gasteiger partial charge in [-0.1, -0.05) is 12.8 Å². The molecule has 23 heavy (non-hydrogen) atoms. The Morgan fingerprint density at radius 1 is 1.04 bits per heavy atom. The minimum Gasteiger partial charge on any atom is -0.354 e. The largest absolute Gasteiger partial charge is 0.354 e. The van der Waals surface area contributed by atoms with E-state index in [-0.39, 0.29) is 5.92 Å². The van der Waals surface area contributed by atoms with Gasteiger partial charge in [0.05, 0.1) is 11.5 Å². The third-order valence-electron chi connectivity index (χ3n) is 6.01. The van der Waals surface area contributed by atoms with E-state index in [0.717, 1.165) is 37.3 Å². The number of aliphatic imine (C=N–C) groups is 1. The minimum atomic E-state index is -2.79. The second kappa shape index (κ2) is 6.26. The lowest BCUT2D eigenvalue weighted by atomic mass is 9.82. The second-order valence-corrected chi connectivity index (χ2v) is 10.3. The molecule has 6 heteroatoms. The van der Waals surface area contributed by atoms with Crippen molar-refractivity contribution in [1.82, 2.24) is 10.2 Å². The molecule has 0 aromatic rings. The molecule has 3 atom stereocenters. The first-order chi connectivity index (χ1) is 11.1. The Morgan fingerprint density at radius 3 is 2.30 bits per heavy atom. The van der Waals surface area contributed by atoms with Crippen LogP contribution in [0.25, 0.3) is 0 Å². The van der Waals surface area contributed by atoms with E-state index in [2.05, 4.69) is 10.2 Å². The van der Waals surface area contributed by atoms with Gasteiger partial charge in [0, 0.05) is 25.7 Å². The fourth-order valence-electron chi connectivity index (χ4n) is 4.46. The summed E-state index contributed by atoms with van der Waals surface area (Å²) in [6.45, 7) is 2.96. The average molecular weight is 340 g/mol. The maximum Gasteiger partial charge on any atom is 0.194 e. The molecule has 4 aliphatic rings. The predicted octanol–water partition coefficient (Wildman–Crippen LogP) is 1.65. The molecule has 0 radical (unpaired) electrons. The zero-order chi connectivity index (χ0) is 15.9. The van der Waals surface area contributed by atoms with Crippen molar-refractivity contribution in [2.75, 3.05) is 31.1 Å². The molecule has 0 spiro atoms. The van der Waals surface area contributed by atoms with E-state index in [1.54, 1.807) is 0 Å². The number of nitrogens with one attached hydrogen (secondary N) is 1. The number of rotatable bonds is 3. The molecule has 4 rings (SSSR count). The zero-order valence-corrected chi connectivity index (χ0v) is 14.7. The summed E-state index contributed by atoms with van der Waals surface area (Å²) < 4.78 is 23.3. The van der Waals surface area contributed by atoms with Gasteiger partial charge in [-0.05, 0) is 49.9 Å². The van der Waals surface area contributed by atoms with E-state index in [4.69, 9.17) is 4.99 Å². The number of hydrogen-bond donors (Lipinski definition) is 1. The number of likely N-dealkylation sites (tertiary alicyclic amines) is 1. The number of hydrogen-bond acceptors (Lipinski definition) is 3. The Hall–Kier alpha value is -0.780. The first-order valence-corrected chi connectivity index (χ1v) is 11.2. The zero-order valence-electron chi connectivity index (χ0n) is 13.9. The highest BCUT2D eigenvalue weighted by molar-refractivity contribution is 7.91. The molecule has 0 aromatic carbocycles. The first kappa shape index (κ1) is 15.7. The van der Waals surface area contributed by atoms with Crippen LogP contribution >= 0.6 is 0 Å². The van der Waals surface area contributed by atoms with Gasteiger partial charge in [-0.15, -0.1) is 0 Å². The minimum absolute atomic E-state index is 0.223. The SMILES string of the molecule is O=S1(=O)CCC(CN=C(NC2CC2)N2CC3CCCCC3C2)C1. The van der Waals surface area contributed by atoms with Crippen molar-refractivity contribution in [2.45, 2.75) is 51.0 Å². The van der Waals surface area contributed by atoms with Crippen LogP contribution in [-0.2, 0) is 9.84 Å². The molecule has 2 aliphatic carbocycles. The molecule has 0 bridgehead atoms. The summed E-state index contributed by atoms with van der Waals surface area (Å²) in [5.41, 5.74) is 0. The van der Waals surface area contributed by atoms with E-state index in [1.807, 2.05) is 0 Å². The van der Waals surface area contributed by atoms with Crippen molar-refractivity contribution in [3.63, 3.8) is 0 Å². The molecule has 1 N–H and O–H groups in total. The number of sulfone groups is 1. The van der Waals surface area contributed by atoms with Gasteiger partial charge >= 0.3 is 0 Å². The standard InChI is InChI=1S/C17H29N3O2S/c21-23(22)8-7-13(12-23)9-18-17(19-16-5-6-16)20-10-14-3-1-2-4-15(14)11-20/h13-16H,1-12H2,(H,18,19). The highest BCUT2D eigenvalue weighted by Crippen LogP contribution is 2.36. The summed E-state index contributed by atoms with van der Waals surface area (Å²) in [5.74, 6) is 3.67. The number of guanidine groups is 1. The monoisotopic (exact) mass is 339 g/mol. The quantitative estimate of drug-likeness (QED) is 0.627. The smallest absolute Gasteiger partial charge is 0.194 e. The van der Waals surface area contributed by atoms with Gasteiger partial charge in [0.25, 0.3) is 0 Å². The fraction of sp³-hybridized carbons (Fsp3) is 0.941.